The molecule has 1 N–H and O–H groups in total. The van der Waals surface area contributed by atoms with Crippen molar-refractivity contribution in [2.24, 2.45) is 7.05 Å². The highest BCUT2D eigenvalue weighted by Crippen LogP contribution is 2.25. The van der Waals surface area contributed by atoms with Gasteiger partial charge in [0.05, 0.1) is 11.4 Å². The van der Waals surface area contributed by atoms with Crippen LogP contribution in [0.5, 0.6) is 0 Å². The van der Waals surface area contributed by atoms with Crippen LogP contribution in [0.15, 0.2) is 65.5 Å². The molecule has 0 saturated carbocycles. The molecule has 156 valence electrons. The minimum Gasteiger partial charge on any atom is -0.364 e. The van der Waals surface area contributed by atoms with Gasteiger partial charge in [0, 0.05) is 20.1 Å². The molecule has 1 aliphatic heterocycles. The van der Waals surface area contributed by atoms with Gasteiger partial charge in [0.15, 0.2) is 0 Å². The first-order valence-electron chi connectivity index (χ1n) is 10.5. The topological polar surface area (TPSA) is 59.3 Å². The number of piperidine rings is 1. The van der Waals surface area contributed by atoms with E-state index in [4.69, 9.17) is 0 Å². The number of hydrogen-bond donors (Lipinski definition) is 1. The Morgan fingerprint density at radius 3 is 2.17 bits per heavy atom. The number of nitrogens with zero attached hydrogens (tertiary/aromatic N) is 3. The normalized spacial score (nSPS) is 15.1. The molecule has 3 aromatic rings. The van der Waals surface area contributed by atoms with Crippen molar-refractivity contribution in [1.82, 2.24) is 14.3 Å². The molecule has 1 aliphatic rings. The Morgan fingerprint density at radius 2 is 1.53 bits per heavy atom. The lowest BCUT2D eigenvalue weighted by Gasteiger charge is -2.31. The lowest BCUT2D eigenvalue weighted by atomic mass is 10.0. The summed E-state index contributed by atoms with van der Waals surface area (Å²) in [5, 5.41) is 3.31. The minimum atomic E-state index is -0.595. The van der Waals surface area contributed by atoms with Crippen molar-refractivity contribution in [2.75, 3.05) is 18.4 Å². The number of rotatable bonds is 5. The summed E-state index contributed by atoms with van der Waals surface area (Å²) in [7, 11) is 1.86. The van der Waals surface area contributed by atoms with E-state index in [9.17, 15) is 9.59 Å². The van der Waals surface area contributed by atoms with Crippen molar-refractivity contribution in [1.29, 1.82) is 0 Å². The monoisotopic (exact) mass is 404 g/mol. The van der Waals surface area contributed by atoms with E-state index in [0.29, 0.717) is 5.69 Å². The SMILES string of the molecule is Cc1c(NC(C(=O)N2CCCCC2)c2ccccc2)c(=O)n(-c2ccccc2)n1C. The molecule has 0 radical (unpaired) electrons. The Bertz CT molecular complexity index is 1060. The quantitative estimate of drug-likeness (QED) is 0.706. The van der Waals surface area contributed by atoms with Gasteiger partial charge in [-0.25, -0.2) is 4.68 Å². The Labute approximate surface area is 176 Å². The smallest absolute Gasteiger partial charge is 0.295 e. The Balaban J connectivity index is 1.73. The molecule has 6 nitrogen and oxygen atoms in total. The largest absolute Gasteiger partial charge is 0.364 e. The molecule has 1 atom stereocenters. The number of aromatic nitrogens is 2. The van der Waals surface area contributed by atoms with Crippen LogP contribution in [-0.2, 0) is 11.8 Å². The number of carbonyl (C=O) groups is 1. The summed E-state index contributed by atoms with van der Waals surface area (Å²) in [6, 6.07) is 18.6. The van der Waals surface area contributed by atoms with E-state index in [2.05, 4.69) is 5.32 Å². The zero-order valence-electron chi connectivity index (χ0n) is 17.5. The molecule has 1 amide bonds. The van der Waals surface area contributed by atoms with Crippen LogP contribution in [0, 0.1) is 6.92 Å². The second-order valence-electron chi connectivity index (χ2n) is 7.81. The highest BCUT2D eigenvalue weighted by atomic mass is 16.2. The average molecular weight is 405 g/mol. The summed E-state index contributed by atoms with van der Waals surface area (Å²) in [6.07, 6.45) is 3.21. The first kappa shape index (κ1) is 20.0. The molecular weight excluding hydrogens is 376 g/mol. The summed E-state index contributed by atoms with van der Waals surface area (Å²) >= 11 is 0. The molecule has 0 spiro atoms. The number of para-hydroxylation sites is 1. The summed E-state index contributed by atoms with van der Waals surface area (Å²) in [5.74, 6) is 0.0230. The highest BCUT2D eigenvalue weighted by molar-refractivity contribution is 5.86. The third kappa shape index (κ3) is 3.77. The van der Waals surface area contributed by atoms with Crippen molar-refractivity contribution in [3.63, 3.8) is 0 Å². The molecule has 4 rings (SSSR count). The molecule has 6 heteroatoms. The standard InChI is InChI=1S/C24H28N4O2/c1-18-21(24(30)28(26(18)2)20-14-8-4-9-15-20)25-22(19-12-6-3-7-13-19)23(29)27-16-10-5-11-17-27/h3-4,6-9,12-15,22,25H,5,10-11,16-17H2,1-2H3. The summed E-state index contributed by atoms with van der Waals surface area (Å²) in [6.45, 7) is 3.44. The molecule has 1 saturated heterocycles. The molecule has 1 unspecified atom stereocenters. The highest BCUT2D eigenvalue weighted by Gasteiger charge is 2.29. The van der Waals surface area contributed by atoms with Gasteiger partial charge in [-0.1, -0.05) is 48.5 Å². The van der Waals surface area contributed by atoms with Crippen molar-refractivity contribution < 1.29 is 4.79 Å². The van der Waals surface area contributed by atoms with Crippen LogP contribution in [0.4, 0.5) is 5.69 Å². The zero-order chi connectivity index (χ0) is 21.1. The Morgan fingerprint density at radius 1 is 0.933 bits per heavy atom. The molecule has 1 fully saturated rings. The van der Waals surface area contributed by atoms with Gasteiger partial charge in [-0.15, -0.1) is 0 Å². The predicted molar refractivity (Wildman–Crippen MR) is 119 cm³/mol. The number of benzene rings is 2. The maximum Gasteiger partial charge on any atom is 0.295 e. The van der Waals surface area contributed by atoms with E-state index < -0.39 is 6.04 Å². The molecule has 2 heterocycles. The number of carbonyl (C=O) groups excluding carboxylic acids is 1. The van der Waals surface area contributed by atoms with Crippen molar-refractivity contribution in [2.45, 2.75) is 32.2 Å². The van der Waals surface area contributed by atoms with E-state index in [1.807, 2.05) is 84.2 Å². The minimum absolute atomic E-state index is 0.0230. The van der Waals surface area contributed by atoms with Crippen LogP contribution in [0.25, 0.3) is 5.69 Å². The first-order chi connectivity index (χ1) is 14.6. The van der Waals surface area contributed by atoms with E-state index >= 15 is 0 Å². The van der Waals surface area contributed by atoms with Crippen molar-refractivity contribution in [3.05, 3.63) is 82.3 Å². The van der Waals surface area contributed by atoms with E-state index in [-0.39, 0.29) is 11.5 Å². The fraction of sp³-hybridized carbons (Fsp3) is 0.333. The Kier molecular flexibility index (Phi) is 5.74. The second-order valence-corrected chi connectivity index (χ2v) is 7.81. The van der Waals surface area contributed by atoms with Crippen LogP contribution in [0.3, 0.4) is 0 Å². The van der Waals surface area contributed by atoms with Crippen LogP contribution in [0.2, 0.25) is 0 Å². The van der Waals surface area contributed by atoms with Crippen LogP contribution in [0.1, 0.15) is 36.6 Å². The van der Waals surface area contributed by atoms with Gasteiger partial charge in [-0.2, -0.15) is 0 Å². The van der Waals surface area contributed by atoms with E-state index in [1.165, 1.54) is 0 Å². The van der Waals surface area contributed by atoms with Crippen LogP contribution < -0.4 is 10.9 Å². The first-order valence-corrected chi connectivity index (χ1v) is 10.5. The van der Waals surface area contributed by atoms with Gasteiger partial charge in [0.25, 0.3) is 5.56 Å². The van der Waals surface area contributed by atoms with Crippen molar-refractivity contribution >= 4 is 11.6 Å². The van der Waals surface area contributed by atoms with E-state index in [0.717, 1.165) is 49.3 Å². The van der Waals surface area contributed by atoms with Crippen molar-refractivity contribution in [3.8, 4) is 5.69 Å². The molecule has 2 aromatic carbocycles. The molecule has 0 bridgehead atoms. The third-order valence-corrected chi connectivity index (χ3v) is 5.89. The number of amides is 1. The molecule has 0 aliphatic carbocycles. The summed E-state index contributed by atoms with van der Waals surface area (Å²) in [5.41, 5.74) is 2.74. The van der Waals surface area contributed by atoms with Crippen LogP contribution in [-0.4, -0.2) is 33.3 Å². The number of hydrogen-bond acceptors (Lipinski definition) is 3. The van der Waals surface area contributed by atoms with Gasteiger partial charge in [-0.3, -0.25) is 14.3 Å². The maximum absolute atomic E-state index is 13.4. The molecule has 1 aromatic heterocycles. The predicted octanol–water partition coefficient (Wildman–Crippen LogP) is 3.65. The fourth-order valence-electron chi connectivity index (χ4n) is 4.11. The van der Waals surface area contributed by atoms with Crippen LogP contribution >= 0.6 is 0 Å². The zero-order valence-corrected chi connectivity index (χ0v) is 17.5. The van der Waals surface area contributed by atoms with Gasteiger partial charge in [0.2, 0.25) is 5.91 Å². The molecule has 30 heavy (non-hydrogen) atoms. The molecular formula is C24H28N4O2. The maximum atomic E-state index is 13.4. The number of likely N-dealkylation sites (tertiary alicyclic amines) is 1. The Hall–Kier alpha value is -3.28. The summed E-state index contributed by atoms with van der Waals surface area (Å²) < 4.78 is 3.46. The fourth-order valence-corrected chi connectivity index (χ4v) is 4.11. The second kappa shape index (κ2) is 8.61. The van der Waals surface area contributed by atoms with Gasteiger partial charge in [0.1, 0.15) is 11.7 Å². The van der Waals surface area contributed by atoms with Gasteiger partial charge in [-0.05, 0) is 43.9 Å². The summed E-state index contributed by atoms with van der Waals surface area (Å²) in [4.78, 5) is 28.7. The van der Waals surface area contributed by atoms with E-state index in [1.54, 1.807) is 4.68 Å². The van der Waals surface area contributed by atoms with Gasteiger partial charge < -0.3 is 10.2 Å². The lowest BCUT2D eigenvalue weighted by molar-refractivity contribution is -0.133. The third-order valence-electron chi connectivity index (χ3n) is 5.89. The van der Waals surface area contributed by atoms with Gasteiger partial charge >= 0.3 is 0 Å². The number of anilines is 1. The lowest BCUT2D eigenvalue weighted by Crippen LogP contribution is -2.41. The average Bonchev–Trinajstić information content (AvgIpc) is 3.01. The number of nitrogens with one attached hydrogen (secondary N) is 1.